The van der Waals surface area contributed by atoms with Crippen molar-refractivity contribution in [3.05, 3.63) is 47.8 Å². The molecule has 1 atom stereocenters. The van der Waals surface area contributed by atoms with Crippen LogP contribution in [0, 0.1) is 12.7 Å². The number of piperazine rings is 1. The second kappa shape index (κ2) is 6.38. The lowest BCUT2D eigenvalue weighted by Gasteiger charge is -2.30. The Morgan fingerprint density at radius 3 is 2.96 bits per heavy atom. The topological polar surface area (TPSA) is 72.0 Å². The fraction of sp³-hybridized carbons (Fsp3) is 0.353. The third kappa shape index (κ3) is 2.83. The summed E-state index contributed by atoms with van der Waals surface area (Å²) in [5, 5.41) is 11.7. The zero-order valence-electron chi connectivity index (χ0n) is 14.1. The molecule has 2 aromatic heterocycles. The molecule has 1 unspecified atom stereocenters. The number of nitrogens with one attached hydrogen (secondary N) is 1. The van der Waals surface area contributed by atoms with E-state index < -0.39 is 0 Å². The van der Waals surface area contributed by atoms with Crippen LogP contribution in [0.5, 0.6) is 0 Å². The highest BCUT2D eigenvalue weighted by Gasteiger charge is 2.26. The summed E-state index contributed by atoms with van der Waals surface area (Å²) < 4.78 is 21.0. The molecule has 3 heterocycles. The number of para-hydroxylation sites is 1. The Morgan fingerprint density at radius 2 is 2.16 bits per heavy atom. The van der Waals surface area contributed by atoms with E-state index in [0.717, 1.165) is 25.3 Å². The van der Waals surface area contributed by atoms with Gasteiger partial charge in [0.2, 0.25) is 0 Å². The molecule has 7 nitrogen and oxygen atoms in total. The number of hydrogen-bond donors (Lipinski definition) is 1. The van der Waals surface area contributed by atoms with Gasteiger partial charge in [-0.1, -0.05) is 17.3 Å². The van der Waals surface area contributed by atoms with Crippen LogP contribution in [0.2, 0.25) is 0 Å². The summed E-state index contributed by atoms with van der Waals surface area (Å²) in [5.74, 6) is 0.707. The lowest BCUT2D eigenvalue weighted by molar-refractivity contribution is 0.190. The third-order valence-corrected chi connectivity index (χ3v) is 4.57. The minimum atomic E-state index is -0.332. The van der Waals surface area contributed by atoms with Gasteiger partial charge in [-0.05, 0) is 26.1 Å². The van der Waals surface area contributed by atoms with Crippen LogP contribution in [-0.4, -0.2) is 51.5 Å². The van der Waals surface area contributed by atoms with Crippen LogP contribution in [0.4, 0.5) is 4.39 Å². The average molecular weight is 342 g/mol. The van der Waals surface area contributed by atoms with Gasteiger partial charge in [-0.15, -0.1) is 0 Å². The number of benzene rings is 1. The summed E-state index contributed by atoms with van der Waals surface area (Å²) in [5.41, 5.74) is 1.84. The summed E-state index contributed by atoms with van der Waals surface area (Å²) in [6, 6.07) is 6.59. The predicted molar refractivity (Wildman–Crippen MR) is 89.8 cm³/mol. The molecule has 1 saturated heterocycles. The highest BCUT2D eigenvalue weighted by Crippen LogP contribution is 2.26. The van der Waals surface area contributed by atoms with Crippen LogP contribution in [0.1, 0.15) is 17.6 Å². The molecule has 3 aromatic rings. The van der Waals surface area contributed by atoms with Gasteiger partial charge < -0.3 is 9.84 Å². The van der Waals surface area contributed by atoms with E-state index in [4.69, 9.17) is 4.52 Å². The van der Waals surface area contributed by atoms with Crippen LogP contribution >= 0.6 is 0 Å². The quantitative estimate of drug-likeness (QED) is 0.784. The van der Waals surface area contributed by atoms with Gasteiger partial charge in [-0.3, -0.25) is 4.90 Å². The maximum absolute atomic E-state index is 14.0. The molecule has 1 aromatic carbocycles. The van der Waals surface area contributed by atoms with Crippen LogP contribution in [0.15, 0.2) is 35.0 Å². The van der Waals surface area contributed by atoms with E-state index in [0.29, 0.717) is 23.0 Å². The first-order chi connectivity index (χ1) is 12.1. The van der Waals surface area contributed by atoms with Crippen LogP contribution < -0.4 is 5.32 Å². The molecule has 0 aliphatic carbocycles. The molecule has 0 saturated carbocycles. The average Bonchev–Trinajstić information content (AvgIpc) is 3.23. The Labute approximate surface area is 144 Å². The molecule has 8 heteroatoms. The van der Waals surface area contributed by atoms with Crippen molar-refractivity contribution in [2.75, 3.05) is 26.7 Å². The van der Waals surface area contributed by atoms with Crippen molar-refractivity contribution in [3.63, 3.8) is 0 Å². The molecule has 25 heavy (non-hydrogen) atoms. The van der Waals surface area contributed by atoms with Gasteiger partial charge in [0.15, 0.2) is 5.82 Å². The molecule has 1 fully saturated rings. The van der Waals surface area contributed by atoms with E-state index in [2.05, 4.69) is 25.5 Å². The zero-order chi connectivity index (χ0) is 17.4. The molecular weight excluding hydrogens is 323 g/mol. The minimum Gasteiger partial charge on any atom is -0.334 e. The van der Waals surface area contributed by atoms with Crippen molar-refractivity contribution >= 4 is 0 Å². The van der Waals surface area contributed by atoms with E-state index >= 15 is 0 Å². The highest BCUT2D eigenvalue weighted by molar-refractivity contribution is 5.56. The Balaban J connectivity index is 1.67. The van der Waals surface area contributed by atoms with Crippen LogP contribution in [0.3, 0.4) is 0 Å². The first kappa shape index (κ1) is 15.9. The molecule has 0 amide bonds. The molecule has 4 rings (SSSR count). The number of likely N-dealkylation sites (N-methyl/N-ethyl adjacent to an activating group) is 1. The smallest absolute Gasteiger partial charge is 0.261 e. The molecular formula is C17H19FN6O. The van der Waals surface area contributed by atoms with E-state index in [1.165, 1.54) is 6.07 Å². The van der Waals surface area contributed by atoms with Crippen molar-refractivity contribution in [2.24, 2.45) is 0 Å². The summed E-state index contributed by atoms with van der Waals surface area (Å²) in [6.07, 6.45) is 1.63. The number of aromatic nitrogens is 4. The van der Waals surface area contributed by atoms with Gasteiger partial charge >= 0.3 is 0 Å². The number of rotatable bonds is 3. The molecule has 0 spiro atoms. The van der Waals surface area contributed by atoms with Crippen LogP contribution in [-0.2, 0) is 0 Å². The Hall–Kier alpha value is -2.58. The van der Waals surface area contributed by atoms with Gasteiger partial charge in [-0.25, -0.2) is 9.07 Å². The van der Waals surface area contributed by atoms with Gasteiger partial charge in [0, 0.05) is 19.6 Å². The molecule has 1 aliphatic rings. The fourth-order valence-electron chi connectivity index (χ4n) is 3.06. The van der Waals surface area contributed by atoms with Crippen molar-refractivity contribution in [3.8, 4) is 17.1 Å². The molecule has 1 aliphatic heterocycles. The van der Waals surface area contributed by atoms with E-state index in [-0.39, 0.29) is 11.9 Å². The van der Waals surface area contributed by atoms with Gasteiger partial charge in [0.25, 0.3) is 5.89 Å². The summed E-state index contributed by atoms with van der Waals surface area (Å²) in [4.78, 5) is 6.73. The SMILES string of the molecule is Cc1c(-c2nc(C3CNCCN3C)no2)cnn1-c1ccccc1F. The predicted octanol–water partition coefficient (Wildman–Crippen LogP) is 1.95. The van der Waals surface area contributed by atoms with Crippen molar-refractivity contribution < 1.29 is 8.91 Å². The van der Waals surface area contributed by atoms with Gasteiger partial charge in [-0.2, -0.15) is 10.1 Å². The largest absolute Gasteiger partial charge is 0.334 e. The van der Waals surface area contributed by atoms with Crippen LogP contribution in [0.25, 0.3) is 17.1 Å². The van der Waals surface area contributed by atoms with E-state index in [9.17, 15) is 4.39 Å². The second-order valence-corrected chi connectivity index (χ2v) is 6.17. The monoisotopic (exact) mass is 342 g/mol. The fourth-order valence-corrected chi connectivity index (χ4v) is 3.06. The lowest BCUT2D eigenvalue weighted by atomic mass is 10.2. The second-order valence-electron chi connectivity index (χ2n) is 6.17. The Bertz CT molecular complexity index is 889. The molecule has 0 bridgehead atoms. The molecule has 1 N–H and O–H groups in total. The third-order valence-electron chi connectivity index (χ3n) is 4.57. The van der Waals surface area contributed by atoms with E-state index in [1.54, 1.807) is 29.1 Å². The standard InChI is InChI=1S/C17H19FN6O/c1-11-12(9-20-24(11)14-6-4-3-5-13(14)18)17-21-16(22-25-17)15-10-19-7-8-23(15)2/h3-6,9,15,19H,7-8,10H2,1-2H3. The molecule has 130 valence electrons. The number of halogens is 1. The van der Waals surface area contributed by atoms with E-state index in [1.807, 2.05) is 14.0 Å². The minimum absolute atomic E-state index is 0.0770. The van der Waals surface area contributed by atoms with Crippen molar-refractivity contribution in [1.29, 1.82) is 0 Å². The zero-order valence-corrected chi connectivity index (χ0v) is 14.1. The normalized spacial score (nSPS) is 18.6. The Kier molecular flexibility index (Phi) is 4.06. The first-order valence-electron chi connectivity index (χ1n) is 8.19. The maximum atomic E-state index is 14.0. The van der Waals surface area contributed by atoms with Crippen molar-refractivity contribution in [2.45, 2.75) is 13.0 Å². The maximum Gasteiger partial charge on any atom is 0.261 e. The van der Waals surface area contributed by atoms with Gasteiger partial charge in [0.05, 0.1) is 23.5 Å². The van der Waals surface area contributed by atoms with Crippen molar-refractivity contribution in [1.82, 2.24) is 30.1 Å². The molecule has 0 radical (unpaired) electrons. The summed E-state index contributed by atoms with van der Waals surface area (Å²) in [7, 11) is 2.04. The lowest BCUT2D eigenvalue weighted by Crippen LogP contribution is -2.44. The van der Waals surface area contributed by atoms with Gasteiger partial charge in [0.1, 0.15) is 11.5 Å². The first-order valence-corrected chi connectivity index (χ1v) is 8.19. The number of hydrogen-bond acceptors (Lipinski definition) is 6. The Morgan fingerprint density at radius 1 is 1.32 bits per heavy atom. The summed E-state index contributed by atoms with van der Waals surface area (Å²) >= 11 is 0. The summed E-state index contributed by atoms with van der Waals surface area (Å²) in [6.45, 7) is 4.51. The number of nitrogens with zero attached hydrogens (tertiary/aromatic N) is 5. The highest BCUT2D eigenvalue weighted by atomic mass is 19.1.